The van der Waals surface area contributed by atoms with Crippen LogP contribution in [0.1, 0.15) is 42.9 Å². The molecule has 5 rings (SSSR count). The Morgan fingerprint density at radius 2 is 1.90 bits per heavy atom. The average Bonchev–Trinajstić information content (AvgIpc) is 3.24. The number of nitrogens with two attached hydrogens (primary N) is 1. The molecule has 4 aliphatic rings. The van der Waals surface area contributed by atoms with Crippen LogP contribution in [0, 0.1) is 11.8 Å². The first-order valence-electron chi connectivity index (χ1n) is 13.7. The molecule has 1 saturated heterocycles. The number of Topliss-reactive ketones (excluding diaryl/α,β-unsaturated/α-hetero) is 1. The number of amides is 1. The van der Waals surface area contributed by atoms with Crippen molar-refractivity contribution < 1.29 is 30.0 Å². The zero-order valence-corrected chi connectivity index (χ0v) is 23.7. The molecule has 1 amide bonds. The number of phenolic OH excluding ortho intramolecular Hbond substituents is 1. The van der Waals surface area contributed by atoms with Gasteiger partial charge in [0.05, 0.1) is 0 Å². The third-order valence-corrected chi connectivity index (χ3v) is 9.39. The predicted molar refractivity (Wildman–Crippen MR) is 153 cm³/mol. The Balaban J connectivity index is 1.68. The van der Waals surface area contributed by atoms with Gasteiger partial charge in [-0.2, -0.15) is 0 Å². The molecule has 0 bridgehead atoms. The van der Waals surface area contributed by atoms with Crippen molar-refractivity contribution in [2.45, 2.75) is 56.8 Å². The molecule has 1 saturated carbocycles. The van der Waals surface area contributed by atoms with Gasteiger partial charge in [0.25, 0.3) is 0 Å². The number of carbonyl (C=O) groups excluding carboxylic acids is 2. The van der Waals surface area contributed by atoms with E-state index < -0.39 is 52.0 Å². The second-order valence-corrected chi connectivity index (χ2v) is 12.2. The van der Waals surface area contributed by atoms with Crippen LogP contribution in [-0.2, 0) is 22.6 Å². The van der Waals surface area contributed by atoms with Crippen molar-refractivity contribution in [1.82, 2.24) is 9.80 Å². The molecule has 0 spiro atoms. The fourth-order valence-corrected chi connectivity index (χ4v) is 7.59. The number of likely N-dealkylation sites (tertiary alicyclic amines) is 1. The molecule has 1 aromatic carbocycles. The Bertz CT molecular complexity index is 1380. The van der Waals surface area contributed by atoms with Crippen LogP contribution < -0.4 is 10.6 Å². The van der Waals surface area contributed by atoms with E-state index in [0.29, 0.717) is 19.0 Å². The van der Waals surface area contributed by atoms with Crippen molar-refractivity contribution in [3.63, 3.8) is 0 Å². The van der Waals surface area contributed by atoms with Gasteiger partial charge in [0.15, 0.2) is 0 Å². The number of fused-ring (bicyclic) bond motifs is 3. The molecule has 3 aliphatic carbocycles. The molecule has 6 N–H and O–H groups in total. The summed E-state index contributed by atoms with van der Waals surface area (Å²) >= 11 is 0. The van der Waals surface area contributed by atoms with Crippen molar-refractivity contribution in [3.8, 4) is 5.75 Å². The quantitative estimate of drug-likeness (QED) is 0.336. The fraction of sp³-hybridized carbons (Fsp3) is 0.552. The molecule has 10 nitrogen and oxygen atoms in total. The Hall–Kier alpha value is -3.15. The summed E-state index contributed by atoms with van der Waals surface area (Å²) in [5.74, 6) is -4.29. The molecule has 1 heterocycles. The third-order valence-electron chi connectivity index (χ3n) is 9.39. The fourth-order valence-electron chi connectivity index (χ4n) is 7.59. The van der Waals surface area contributed by atoms with Gasteiger partial charge in [0.1, 0.15) is 0 Å². The number of hydrogen-bond donors (Lipinski definition) is 5. The second-order valence-electron chi connectivity index (χ2n) is 12.2. The summed E-state index contributed by atoms with van der Waals surface area (Å²) in [7, 11) is 13.4. The molecule has 1 aliphatic heterocycles. The number of primary amides is 1. The molecule has 5 atom stereocenters. The normalized spacial score (nSPS) is 30.4. The molecular formula is C29H38BN4O6. The zero-order valence-electron chi connectivity index (χ0n) is 23.7. The topological polar surface area (TPSA) is 151 Å². The van der Waals surface area contributed by atoms with Crippen LogP contribution in [0.2, 0.25) is 0 Å². The maximum absolute atomic E-state index is 14.1. The van der Waals surface area contributed by atoms with E-state index in [0.717, 1.165) is 36.2 Å². The Morgan fingerprint density at radius 3 is 2.45 bits per heavy atom. The summed E-state index contributed by atoms with van der Waals surface area (Å²) in [5.41, 5.74) is 4.76. The molecule has 213 valence electrons. The van der Waals surface area contributed by atoms with Crippen LogP contribution in [0.25, 0.3) is 5.76 Å². The van der Waals surface area contributed by atoms with Gasteiger partial charge < -0.3 is 0 Å². The summed E-state index contributed by atoms with van der Waals surface area (Å²) in [6.45, 7) is 3.80. The first-order chi connectivity index (χ1) is 18.7. The molecule has 0 aromatic heterocycles. The van der Waals surface area contributed by atoms with Gasteiger partial charge >= 0.3 is 216 Å². The summed E-state index contributed by atoms with van der Waals surface area (Å²) in [6.07, 6.45) is 2.73. The monoisotopic (exact) mass is 549 g/mol. The third kappa shape index (κ3) is 3.93. The van der Waals surface area contributed by atoms with Crippen LogP contribution in [0.4, 0.5) is 5.69 Å². The van der Waals surface area contributed by atoms with Gasteiger partial charge in [-0.25, -0.2) is 0 Å². The number of aliphatic hydroxyl groups excluding tert-OH is 2. The number of aliphatic hydroxyl groups is 3. The minimum atomic E-state index is -2.38. The van der Waals surface area contributed by atoms with Gasteiger partial charge in [-0.1, -0.05) is 0 Å². The van der Waals surface area contributed by atoms with E-state index in [9.17, 15) is 30.0 Å². The van der Waals surface area contributed by atoms with Crippen LogP contribution in [0.5, 0.6) is 5.75 Å². The molecule has 1 radical (unpaired) electrons. The number of likely N-dealkylation sites (N-methyl/N-ethyl adjacent to an activating group) is 1. The van der Waals surface area contributed by atoms with Crippen LogP contribution in [-0.4, -0.2) is 107 Å². The van der Waals surface area contributed by atoms with Gasteiger partial charge in [0, 0.05) is 0 Å². The second kappa shape index (κ2) is 9.75. The van der Waals surface area contributed by atoms with Crippen molar-refractivity contribution >= 4 is 36.1 Å². The summed E-state index contributed by atoms with van der Waals surface area (Å²) < 4.78 is 0. The Kier molecular flexibility index (Phi) is 6.92. The van der Waals surface area contributed by atoms with Gasteiger partial charge in [0.2, 0.25) is 0 Å². The van der Waals surface area contributed by atoms with Crippen LogP contribution >= 0.6 is 0 Å². The SMILES string of the molecule is [B]=C1C(C(N)=O)=C(O)[C@@H](N(C)C)[C@@H]2C[C@@H]3Cc4c(c(O)cc(CN5CCC[C@H]5C)c4N(C)C)C(O)=C3C(=O)[C@]12O. The predicted octanol–water partition coefficient (Wildman–Crippen LogP) is 0.786. The van der Waals surface area contributed by atoms with Crippen molar-refractivity contribution in [2.75, 3.05) is 39.6 Å². The van der Waals surface area contributed by atoms with Crippen LogP contribution in [0.15, 0.2) is 23.0 Å². The van der Waals surface area contributed by atoms with E-state index in [4.69, 9.17) is 13.2 Å². The van der Waals surface area contributed by atoms with E-state index in [-0.39, 0.29) is 29.1 Å². The maximum atomic E-state index is 14.1. The van der Waals surface area contributed by atoms with E-state index in [1.54, 1.807) is 25.1 Å². The van der Waals surface area contributed by atoms with E-state index >= 15 is 0 Å². The number of ketones is 1. The molecule has 2 fully saturated rings. The molecular weight excluding hydrogens is 511 g/mol. The first-order valence-corrected chi connectivity index (χ1v) is 13.7. The van der Waals surface area contributed by atoms with Gasteiger partial charge in [-0.3, -0.25) is 0 Å². The van der Waals surface area contributed by atoms with E-state index in [1.807, 2.05) is 19.0 Å². The number of nitrogens with zero attached hydrogens (tertiary/aromatic N) is 3. The minimum absolute atomic E-state index is 0.0437. The molecule has 1 aromatic rings. The number of rotatable bonds is 5. The van der Waals surface area contributed by atoms with Crippen molar-refractivity contribution in [2.24, 2.45) is 17.6 Å². The first kappa shape index (κ1) is 28.4. The Morgan fingerprint density at radius 1 is 1.23 bits per heavy atom. The van der Waals surface area contributed by atoms with Gasteiger partial charge in [-0.05, 0) is 19.8 Å². The standard InChI is InChI=1S/C29H38BN4O6/c1-13-7-6-8-34(13)12-15-11-18(35)20-16(22(15)32(2)3)9-14-10-17-23(33(4)5)25(37)21(28(31)39)26(30)29(17,40)27(38)19(14)24(20)36/h11,13-14,17,23,35-37,40H,6-10,12H2,1-5H3,(H2,31,39)/t13-,14+,17+,23+,29-/m1/s1. The summed E-state index contributed by atoms with van der Waals surface area (Å²) in [6, 6.07) is 1.15. The zero-order chi connectivity index (χ0) is 29.4. The number of carbonyl (C=O) groups is 2. The summed E-state index contributed by atoms with van der Waals surface area (Å²) in [5, 5.41) is 45.7. The number of benzene rings is 1. The van der Waals surface area contributed by atoms with Crippen LogP contribution in [0.3, 0.4) is 0 Å². The van der Waals surface area contributed by atoms with E-state index in [1.165, 1.54) is 0 Å². The molecule has 11 heteroatoms. The summed E-state index contributed by atoms with van der Waals surface area (Å²) in [4.78, 5) is 32.3. The molecule has 40 heavy (non-hydrogen) atoms. The molecule has 0 unspecified atom stereocenters. The number of phenols is 1. The van der Waals surface area contributed by atoms with Crippen molar-refractivity contribution in [1.29, 1.82) is 0 Å². The number of anilines is 1. The number of hydrogen-bond acceptors (Lipinski definition) is 9. The van der Waals surface area contributed by atoms with Crippen molar-refractivity contribution in [3.05, 3.63) is 39.7 Å². The number of aromatic hydroxyl groups is 1. The van der Waals surface area contributed by atoms with Gasteiger partial charge in [-0.15, -0.1) is 0 Å². The van der Waals surface area contributed by atoms with E-state index in [2.05, 4.69) is 11.8 Å². The average molecular weight is 549 g/mol. The Labute approximate surface area is 235 Å².